The average Bonchev–Trinajstić information content (AvgIpc) is 2.44. The third-order valence-electron chi connectivity index (χ3n) is 3.49. The molecule has 0 aliphatic carbocycles. The molecule has 90 valence electrons. The number of rotatable bonds is 4. The summed E-state index contributed by atoms with van der Waals surface area (Å²) < 4.78 is 0. The van der Waals surface area contributed by atoms with Crippen molar-refractivity contribution in [2.45, 2.75) is 6.92 Å². The van der Waals surface area contributed by atoms with Gasteiger partial charge in [0.05, 0.1) is 0 Å². The number of benzene rings is 2. The van der Waals surface area contributed by atoms with Gasteiger partial charge < -0.3 is 0 Å². The van der Waals surface area contributed by atoms with Gasteiger partial charge in [-0.15, -0.1) is 13.2 Å². The highest BCUT2D eigenvalue weighted by Gasteiger charge is 2.31. The van der Waals surface area contributed by atoms with E-state index < -0.39 is 8.07 Å². The van der Waals surface area contributed by atoms with Gasteiger partial charge in [0.25, 0.3) is 0 Å². The first-order valence-electron chi connectivity index (χ1n) is 6.13. The lowest BCUT2D eigenvalue weighted by Gasteiger charge is -2.27. The predicted molar refractivity (Wildman–Crippen MR) is 83.0 cm³/mol. The molecule has 0 aliphatic rings. The van der Waals surface area contributed by atoms with Gasteiger partial charge >= 0.3 is 0 Å². The van der Waals surface area contributed by atoms with Gasteiger partial charge in [-0.25, -0.2) is 0 Å². The number of hydrogen-bond donors (Lipinski definition) is 0. The Balaban J connectivity index is 2.70. The summed E-state index contributed by atoms with van der Waals surface area (Å²) in [6, 6.07) is 19.1. The topological polar surface area (TPSA) is 0 Å². The van der Waals surface area contributed by atoms with Crippen LogP contribution in [-0.2, 0) is 0 Å². The first-order valence-corrected chi connectivity index (χ1v) is 8.29. The van der Waals surface area contributed by atoms with Crippen LogP contribution in [0.25, 0.3) is 0 Å². The lowest BCUT2D eigenvalue weighted by molar-refractivity contribution is 1.50. The first kappa shape index (κ1) is 12.6. The SMILES string of the molecule is C=C[Si](C=C)(c1ccccc1)c1ccccc1C. The van der Waals surface area contributed by atoms with Crippen molar-refractivity contribution >= 4 is 18.4 Å². The van der Waals surface area contributed by atoms with Crippen LogP contribution in [0.15, 0.2) is 79.2 Å². The summed E-state index contributed by atoms with van der Waals surface area (Å²) in [5.41, 5.74) is 5.53. The van der Waals surface area contributed by atoms with Crippen LogP contribution in [0.5, 0.6) is 0 Å². The quantitative estimate of drug-likeness (QED) is 0.732. The van der Waals surface area contributed by atoms with Gasteiger partial charge in [-0.3, -0.25) is 0 Å². The molecule has 0 aliphatic heterocycles. The van der Waals surface area contributed by atoms with E-state index in [4.69, 9.17) is 0 Å². The van der Waals surface area contributed by atoms with Crippen LogP contribution in [0.4, 0.5) is 0 Å². The summed E-state index contributed by atoms with van der Waals surface area (Å²) in [5.74, 6) is 0. The number of hydrogen-bond acceptors (Lipinski definition) is 0. The van der Waals surface area contributed by atoms with Crippen molar-refractivity contribution in [3.63, 3.8) is 0 Å². The van der Waals surface area contributed by atoms with Crippen LogP contribution in [-0.4, -0.2) is 8.07 Å². The van der Waals surface area contributed by atoms with Crippen molar-refractivity contribution in [1.29, 1.82) is 0 Å². The van der Waals surface area contributed by atoms with Gasteiger partial charge in [0.2, 0.25) is 0 Å². The zero-order valence-corrected chi connectivity index (χ0v) is 11.8. The molecule has 1 heteroatoms. The molecule has 0 unspecified atom stereocenters. The molecule has 0 aromatic heterocycles. The van der Waals surface area contributed by atoms with Gasteiger partial charge in [-0.05, 0) is 17.3 Å². The molecule has 0 radical (unpaired) electrons. The maximum Gasteiger partial charge on any atom is 0.164 e. The summed E-state index contributed by atoms with van der Waals surface area (Å²) >= 11 is 0. The van der Waals surface area contributed by atoms with E-state index in [2.05, 4.69) is 80.0 Å². The molecule has 0 atom stereocenters. The fourth-order valence-electron chi connectivity index (χ4n) is 2.45. The summed E-state index contributed by atoms with van der Waals surface area (Å²) in [6.07, 6.45) is 0. The molecule has 0 heterocycles. The standard InChI is InChI=1S/C17H18Si/c1-4-18(5-2,16-12-7-6-8-13-16)17-14-10-9-11-15(17)3/h4-14H,1-2H2,3H3. The van der Waals surface area contributed by atoms with Gasteiger partial charge in [-0.2, -0.15) is 0 Å². The van der Waals surface area contributed by atoms with E-state index in [1.165, 1.54) is 15.9 Å². The molecule has 0 saturated heterocycles. The molecule has 0 saturated carbocycles. The van der Waals surface area contributed by atoms with Crippen molar-refractivity contribution in [3.05, 3.63) is 84.7 Å². The summed E-state index contributed by atoms with van der Waals surface area (Å²) in [6.45, 7) is 10.3. The Morgan fingerprint density at radius 1 is 0.833 bits per heavy atom. The third kappa shape index (κ3) is 1.98. The minimum atomic E-state index is -2.01. The largest absolute Gasteiger partial charge is 0.164 e. The van der Waals surface area contributed by atoms with Crippen LogP contribution in [0, 0.1) is 6.92 Å². The Labute approximate surface area is 110 Å². The van der Waals surface area contributed by atoms with Crippen LogP contribution >= 0.6 is 0 Å². The monoisotopic (exact) mass is 250 g/mol. The Morgan fingerprint density at radius 2 is 1.39 bits per heavy atom. The van der Waals surface area contributed by atoms with Crippen LogP contribution in [0.3, 0.4) is 0 Å². The lowest BCUT2D eigenvalue weighted by atomic mass is 10.2. The van der Waals surface area contributed by atoms with Crippen molar-refractivity contribution in [2.75, 3.05) is 0 Å². The minimum Gasteiger partial charge on any atom is -0.106 e. The molecular formula is C17H18Si. The molecule has 0 fully saturated rings. The molecule has 2 rings (SSSR count). The lowest BCUT2D eigenvalue weighted by Crippen LogP contribution is -2.56. The number of aryl methyl sites for hydroxylation is 1. The average molecular weight is 250 g/mol. The highest BCUT2D eigenvalue weighted by atomic mass is 28.3. The van der Waals surface area contributed by atoms with E-state index in [0.29, 0.717) is 0 Å². The smallest absolute Gasteiger partial charge is 0.106 e. The molecule has 18 heavy (non-hydrogen) atoms. The van der Waals surface area contributed by atoms with Gasteiger partial charge in [0, 0.05) is 0 Å². The Morgan fingerprint density at radius 3 is 1.94 bits per heavy atom. The van der Waals surface area contributed by atoms with E-state index in [-0.39, 0.29) is 0 Å². The normalized spacial score (nSPS) is 10.9. The predicted octanol–water partition coefficient (Wildman–Crippen LogP) is 3.01. The van der Waals surface area contributed by atoms with Crippen LogP contribution in [0.2, 0.25) is 0 Å². The van der Waals surface area contributed by atoms with E-state index in [1.54, 1.807) is 0 Å². The van der Waals surface area contributed by atoms with Crippen molar-refractivity contribution in [3.8, 4) is 0 Å². The van der Waals surface area contributed by atoms with E-state index in [9.17, 15) is 0 Å². The van der Waals surface area contributed by atoms with E-state index in [1.807, 2.05) is 6.07 Å². The van der Waals surface area contributed by atoms with Crippen molar-refractivity contribution in [1.82, 2.24) is 0 Å². The second-order valence-electron chi connectivity index (χ2n) is 4.46. The molecule has 2 aromatic rings. The highest BCUT2D eigenvalue weighted by molar-refractivity contribution is 7.09. The summed E-state index contributed by atoms with van der Waals surface area (Å²) in [7, 11) is -2.01. The van der Waals surface area contributed by atoms with Crippen molar-refractivity contribution in [2.24, 2.45) is 0 Å². The zero-order valence-electron chi connectivity index (χ0n) is 10.8. The van der Waals surface area contributed by atoms with E-state index >= 15 is 0 Å². The van der Waals surface area contributed by atoms with Gasteiger partial charge in [0.15, 0.2) is 8.07 Å². The van der Waals surface area contributed by atoms with Crippen LogP contribution < -0.4 is 10.4 Å². The van der Waals surface area contributed by atoms with Crippen molar-refractivity contribution < 1.29 is 0 Å². The molecule has 0 nitrogen and oxygen atoms in total. The maximum absolute atomic E-state index is 4.09. The second-order valence-corrected chi connectivity index (χ2v) is 8.13. The summed E-state index contributed by atoms with van der Waals surface area (Å²) in [5, 5.41) is 2.71. The van der Waals surface area contributed by atoms with Crippen LogP contribution in [0.1, 0.15) is 5.56 Å². The first-order chi connectivity index (χ1) is 8.74. The fraction of sp³-hybridized carbons (Fsp3) is 0.0588. The minimum absolute atomic E-state index is 1.31. The molecular weight excluding hydrogens is 232 g/mol. The molecule has 0 N–H and O–H groups in total. The Hall–Kier alpha value is -1.86. The molecule has 2 aromatic carbocycles. The van der Waals surface area contributed by atoms with Gasteiger partial charge in [0.1, 0.15) is 0 Å². The molecule has 0 spiro atoms. The third-order valence-corrected chi connectivity index (χ3v) is 7.52. The van der Waals surface area contributed by atoms with E-state index in [0.717, 1.165) is 0 Å². The Kier molecular flexibility index (Phi) is 3.63. The highest BCUT2D eigenvalue weighted by Crippen LogP contribution is 2.10. The fourth-order valence-corrected chi connectivity index (χ4v) is 5.69. The zero-order chi connectivity index (χ0) is 13.0. The maximum atomic E-state index is 4.09. The molecule has 0 bridgehead atoms. The second kappa shape index (κ2) is 5.19. The van der Waals surface area contributed by atoms with Gasteiger partial charge in [-0.1, -0.05) is 71.6 Å². The molecule has 0 amide bonds. The Bertz CT molecular complexity index is 547. The summed E-state index contributed by atoms with van der Waals surface area (Å²) in [4.78, 5) is 0.